The van der Waals surface area contributed by atoms with E-state index in [1.807, 2.05) is 0 Å². The van der Waals surface area contributed by atoms with Gasteiger partial charge in [-0.2, -0.15) is 24.5 Å². The van der Waals surface area contributed by atoms with E-state index in [1.54, 1.807) is 16.8 Å². The van der Waals surface area contributed by atoms with Crippen LogP contribution in [0.3, 0.4) is 0 Å². The zero-order valence-corrected chi connectivity index (χ0v) is 11.8. The monoisotopic (exact) mass is 332 g/mol. The minimum atomic E-state index is -4.65. The van der Waals surface area contributed by atoms with Gasteiger partial charge >= 0.3 is 6.18 Å². The number of nitrogens with one attached hydrogen (secondary N) is 1. The van der Waals surface area contributed by atoms with E-state index < -0.39 is 28.5 Å². The summed E-state index contributed by atoms with van der Waals surface area (Å²) in [6.45, 7) is -0.0526. The van der Waals surface area contributed by atoms with Crippen LogP contribution in [0.15, 0.2) is 35.0 Å². The maximum atomic E-state index is 12.6. The lowest BCUT2D eigenvalue weighted by Gasteiger charge is -2.13. The molecule has 2 N–H and O–H groups in total. The average Bonchev–Trinajstić information content (AvgIpc) is 2.97. The van der Waals surface area contributed by atoms with Gasteiger partial charge in [0, 0.05) is 12.6 Å². The first-order valence-corrected chi connectivity index (χ1v) is 7.03. The van der Waals surface area contributed by atoms with Crippen LogP contribution in [-0.2, 0) is 6.18 Å². The van der Waals surface area contributed by atoms with Crippen molar-refractivity contribution >= 4 is 22.7 Å². The van der Waals surface area contributed by atoms with E-state index in [9.17, 15) is 28.4 Å². The largest absolute Gasteiger partial charge is 0.416 e. The molecule has 0 saturated heterocycles. The maximum Gasteiger partial charge on any atom is 0.416 e. The molecule has 0 radical (unpaired) electrons. The average molecular weight is 332 g/mol. The second-order valence-electron chi connectivity index (χ2n) is 4.44. The summed E-state index contributed by atoms with van der Waals surface area (Å²) in [6.07, 6.45) is -5.56. The molecule has 0 spiro atoms. The van der Waals surface area contributed by atoms with Gasteiger partial charge in [0.05, 0.1) is 16.6 Å². The van der Waals surface area contributed by atoms with Gasteiger partial charge in [0.15, 0.2) is 0 Å². The molecule has 5 nitrogen and oxygen atoms in total. The maximum absolute atomic E-state index is 12.6. The number of nitro groups is 1. The number of aliphatic hydroxyl groups is 1. The second kappa shape index (κ2) is 6.32. The first-order chi connectivity index (χ1) is 10.3. The molecule has 0 fully saturated rings. The molecule has 1 heterocycles. The third kappa shape index (κ3) is 3.74. The van der Waals surface area contributed by atoms with Crippen molar-refractivity contribution in [1.82, 2.24) is 0 Å². The lowest BCUT2D eigenvalue weighted by atomic mass is 10.1. The molecule has 0 aliphatic heterocycles. The Balaban J connectivity index is 2.18. The number of benzene rings is 1. The number of rotatable bonds is 5. The topological polar surface area (TPSA) is 75.4 Å². The number of halogens is 3. The van der Waals surface area contributed by atoms with Crippen LogP contribution in [0.25, 0.3) is 0 Å². The Hall–Kier alpha value is -2.13. The Kier molecular flexibility index (Phi) is 4.67. The summed E-state index contributed by atoms with van der Waals surface area (Å²) in [7, 11) is 0. The molecule has 1 aromatic carbocycles. The highest BCUT2D eigenvalue weighted by Gasteiger charge is 2.33. The fraction of sp³-hybridized carbons (Fsp3) is 0.231. The summed E-state index contributed by atoms with van der Waals surface area (Å²) in [6, 6.07) is 3.91. The zero-order chi connectivity index (χ0) is 16.3. The van der Waals surface area contributed by atoms with Crippen molar-refractivity contribution in [3.8, 4) is 0 Å². The van der Waals surface area contributed by atoms with Gasteiger partial charge in [-0.3, -0.25) is 10.1 Å². The third-order valence-electron chi connectivity index (χ3n) is 2.94. The van der Waals surface area contributed by atoms with Gasteiger partial charge in [0.25, 0.3) is 5.69 Å². The van der Waals surface area contributed by atoms with Crippen molar-refractivity contribution in [1.29, 1.82) is 0 Å². The second-order valence-corrected chi connectivity index (χ2v) is 5.22. The Morgan fingerprint density at radius 2 is 2.09 bits per heavy atom. The van der Waals surface area contributed by atoms with Gasteiger partial charge in [-0.05, 0) is 34.5 Å². The first-order valence-electron chi connectivity index (χ1n) is 6.08. The SMILES string of the molecule is O=[N+]([O-])c1cc(C(F)(F)F)ccc1NCC(O)c1ccsc1. The molecule has 0 aliphatic carbocycles. The van der Waals surface area contributed by atoms with E-state index in [4.69, 9.17) is 0 Å². The molecule has 22 heavy (non-hydrogen) atoms. The summed E-state index contributed by atoms with van der Waals surface area (Å²) >= 11 is 1.38. The van der Waals surface area contributed by atoms with Gasteiger partial charge < -0.3 is 10.4 Å². The van der Waals surface area contributed by atoms with E-state index >= 15 is 0 Å². The molecule has 0 bridgehead atoms. The number of hydrogen-bond donors (Lipinski definition) is 2. The summed E-state index contributed by atoms with van der Waals surface area (Å²) in [4.78, 5) is 10.0. The number of nitrogens with zero attached hydrogens (tertiary/aromatic N) is 1. The number of anilines is 1. The number of nitro benzene ring substituents is 1. The molecular formula is C13H11F3N2O3S. The van der Waals surface area contributed by atoms with Gasteiger partial charge in [-0.1, -0.05) is 0 Å². The van der Waals surface area contributed by atoms with Crippen molar-refractivity contribution in [3.05, 3.63) is 56.3 Å². The standard InChI is InChI=1S/C13H11F3N2O3S/c14-13(15,16)9-1-2-10(11(5-9)18(20)21)17-6-12(19)8-3-4-22-7-8/h1-5,7,12,17,19H,6H2. The molecular weight excluding hydrogens is 321 g/mol. The van der Waals surface area contributed by atoms with Crippen LogP contribution in [-0.4, -0.2) is 16.6 Å². The van der Waals surface area contributed by atoms with E-state index in [0.29, 0.717) is 11.6 Å². The predicted octanol–water partition coefficient (Wildman–Crippen LogP) is 3.82. The summed E-state index contributed by atoms with van der Waals surface area (Å²) in [5.74, 6) is 0. The molecule has 0 saturated carbocycles. The number of hydrogen-bond acceptors (Lipinski definition) is 5. The van der Waals surface area contributed by atoms with E-state index in [2.05, 4.69) is 5.32 Å². The summed E-state index contributed by atoms with van der Waals surface area (Å²) in [5, 5.41) is 26.9. The lowest BCUT2D eigenvalue weighted by molar-refractivity contribution is -0.384. The fourth-order valence-corrected chi connectivity index (χ4v) is 2.50. The highest BCUT2D eigenvalue weighted by atomic mass is 32.1. The fourth-order valence-electron chi connectivity index (χ4n) is 1.80. The Labute approximate surface area is 127 Å². The number of alkyl halides is 3. The van der Waals surface area contributed by atoms with E-state index in [1.165, 1.54) is 11.3 Å². The lowest BCUT2D eigenvalue weighted by Crippen LogP contribution is -2.13. The van der Waals surface area contributed by atoms with Crippen LogP contribution >= 0.6 is 11.3 Å². The minimum Gasteiger partial charge on any atom is -0.387 e. The molecule has 1 atom stereocenters. The van der Waals surface area contributed by atoms with Crippen LogP contribution in [0.2, 0.25) is 0 Å². The molecule has 2 rings (SSSR count). The molecule has 0 aliphatic rings. The Morgan fingerprint density at radius 1 is 1.36 bits per heavy atom. The minimum absolute atomic E-state index is 0.0526. The molecule has 2 aromatic rings. The van der Waals surface area contributed by atoms with Crippen LogP contribution in [0, 0.1) is 10.1 Å². The first kappa shape index (κ1) is 16.2. The van der Waals surface area contributed by atoms with E-state index in [-0.39, 0.29) is 12.2 Å². The normalized spacial score (nSPS) is 12.9. The van der Waals surface area contributed by atoms with Crippen LogP contribution < -0.4 is 5.32 Å². The Bertz CT molecular complexity index is 659. The van der Waals surface area contributed by atoms with Crippen LogP contribution in [0.5, 0.6) is 0 Å². The quantitative estimate of drug-likeness (QED) is 0.645. The summed E-state index contributed by atoms with van der Waals surface area (Å²) in [5.41, 5.74) is -1.23. The van der Waals surface area contributed by atoms with Gasteiger partial charge in [0.1, 0.15) is 5.69 Å². The van der Waals surface area contributed by atoms with Gasteiger partial charge in [0.2, 0.25) is 0 Å². The van der Waals surface area contributed by atoms with Gasteiger partial charge in [-0.25, -0.2) is 0 Å². The van der Waals surface area contributed by atoms with Gasteiger partial charge in [-0.15, -0.1) is 0 Å². The molecule has 0 amide bonds. The summed E-state index contributed by atoms with van der Waals surface area (Å²) < 4.78 is 37.7. The van der Waals surface area contributed by atoms with Crippen molar-refractivity contribution in [2.75, 3.05) is 11.9 Å². The van der Waals surface area contributed by atoms with Crippen molar-refractivity contribution in [2.45, 2.75) is 12.3 Å². The third-order valence-corrected chi connectivity index (χ3v) is 3.64. The number of aliphatic hydroxyl groups excluding tert-OH is 1. The highest BCUT2D eigenvalue weighted by molar-refractivity contribution is 7.07. The van der Waals surface area contributed by atoms with Crippen molar-refractivity contribution in [2.24, 2.45) is 0 Å². The van der Waals surface area contributed by atoms with E-state index in [0.717, 1.165) is 12.1 Å². The van der Waals surface area contributed by atoms with Crippen LogP contribution in [0.1, 0.15) is 17.2 Å². The number of thiophene rings is 1. The smallest absolute Gasteiger partial charge is 0.387 e. The van der Waals surface area contributed by atoms with Crippen LogP contribution in [0.4, 0.5) is 24.5 Å². The predicted molar refractivity (Wildman–Crippen MR) is 75.9 cm³/mol. The van der Waals surface area contributed by atoms with Crippen molar-refractivity contribution < 1.29 is 23.2 Å². The molecule has 9 heteroatoms. The Morgan fingerprint density at radius 3 is 2.64 bits per heavy atom. The molecule has 1 aromatic heterocycles. The van der Waals surface area contributed by atoms with Crippen molar-refractivity contribution in [3.63, 3.8) is 0 Å². The molecule has 1 unspecified atom stereocenters. The molecule has 118 valence electrons. The zero-order valence-electron chi connectivity index (χ0n) is 11.0. The highest BCUT2D eigenvalue weighted by Crippen LogP contribution is 2.35.